The third kappa shape index (κ3) is 5.09. The van der Waals surface area contributed by atoms with Crippen molar-refractivity contribution in [2.75, 3.05) is 32.7 Å². The van der Waals surface area contributed by atoms with E-state index in [0.29, 0.717) is 18.7 Å². The molecule has 7 heteroatoms. The van der Waals surface area contributed by atoms with E-state index in [1.54, 1.807) is 28.6 Å². The molecule has 1 N–H and O–H groups in total. The molecule has 0 radical (unpaired) electrons. The summed E-state index contributed by atoms with van der Waals surface area (Å²) < 4.78 is 27.2. The van der Waals surface area contributed by atoms with E-state index in [-0.39, 0.29) is 16.8 Å². The van der Waals surface area contributed by atoms with Gasteiger partial charge in [-0.1, -0.05) is 32.6 Å². The summed E-state index contributed by atoms with van der Waals surface area (Å²) in [6.45, 7) is 5.58. The second-order valence-corrected chi connectivity index (χ2v) is 9.46. The van der Waals surface area contributed by atoms with Crippen molar-refractivity contribution in [1.29, 1.82) is 0 Å². The molecule has 6 nitrogen and oxygen atoms in total. The van der Waals surface area contributed by atoms with Gasteiger partial charge in [-0.05, 0) is 43.7 Å². The third-order valence-corrected chi connectivity index (χ3v) is 7.64. The molecule has 1 saturated carbocycles. The molecule has 1 aromatic rings. The van der Waals surface area contributed by atoms with Crippen LogP contribution in [0.4, 0.5) is 0 Å². The minimum absolute atomic E-state index is 0.109. The Balaban J connectivity index is 1.63. The van der Waals surface area contributed by atoms with E-state index in [1.165, 1.54) is 12.8 Å². The quantitative estimate of drug-likeness (QED) is 0.780. The number of piperazine rings is 1. The Morgan fingerprint density at radius 3 is 2.15 bits per heavy atom. The van der Waals surface area contributed by atoms with Crippen LogP contribution in [0.5, 0.6) is 0 Å². The maximum Gasteiger partial charge on any atom is 0.251 e. The Morgan fingerprint density at radius 1 is 1.00 bits per heavy atom. The molecular weight excluding hydrogens is 362 g/mol. The van der Waals surface area contributed by atoms with Crippen molar-refractivity contribution in [3.63, 3.8) is 0 Å². The number of hydrogen-bond acceptors (Lipinski definition) is 4. The number of hydrogen-bond donors (Lipinski definition) is 1. The highest BCUT2D eigenvalue weighted by molar-refractivity contribution is 7.89. The number of nitrogens with one attached hydrogen (secondary N) is 1. The smallest absolute Gasteiger partial charge is 0.251 e. The number of nitrogens with zero attached hydrogens (tertiary/aromatic N) is 2. The molecule has 3 rings (SSSR count). The van der Waals surface area contributed by atoms with Crippen LogP contribution in [-0.2, 0) is 10.0 Å². The Kier molecular flexibility index (Phi) is 6.89. The summed E-state index contributed by atoms with van der Waals surface area (Å²) in [6, 6.07) is 6.61. The van der Waals surface area contributed by atoms with E-state index >= 15 is 0 Å². The summed E-state index contributed by atoms with van der Waals surface area (Å²) in [6.07, 6.45) is 6.86. The highest BCUT2D eigenvalue weighted by Gasteiger charge is 2.28. The molecule has 2 fully saturated rings. The van der Waals surface area contributed by atoms with Crippen LogP contribution in [0.15, 0.2) is 29.2 Å². The van der Waals surface area contributed by atoms with Crippen LogP contribution in [0.3, 0.4) is 0 Å². The molecule has 1 aliphatic carbocycles. The van der Waals surface area contributed by atoms with E-state index in [1.807, 2.05) is 0 Å². The summed E-state index contributed by atoms with van der Waals surface area (Å²) in [5.41, 5.74) is 0.522. The summed E-state index contributed by atoms with van der Waals surface area (Å²) in [7, 11) is -3.49. The molecule has 150 valence electrons. The Labute approximate surface area is 163 Å². The standard InChI is InChI=1S/C20H31N3O3S/c1-2-22-13-15-23(16-14-22)27(25,26)19-11-9-17(10-12-19)20(24)21-18-7-5-3-4-6-8-18/h9-12,18H,2-8,13-16H2,1H3,(H,21,24). The van der Waals surface area contributed by atoms with Crippen LogP contribution in [-0.4, -0.2) is 62.3 Å². The molecule has 1 saturated heterocycles. The van der Waals surface area contributed by atoms with Gasteiger partial charge in [-0.3, -0.25) is 4.79 Å². The number of sulfonamides is 1. The molecule has 1 aromatic carbocycles. The maximum absolute atomic E-state index is 12.8. The average Bonchev–Trinajstić information content (AvgIpc) is 2.96. The molecule has 0 aromatic heterocycles. The van der Waals surface area contributed by atoms with Gasteiger partial charge in [-0.25, -0.2) is 8.42 Å². The summed E-state index contributed by atoms with van der Waals surface area (Å²) in [4.78, 5) is 15.0. The highest BCUT2D eigenvalue weighted by atomic mass is 32.2. The van der Waals surface area contributed by atoms with Gasteiger partial charge in [0.25, 0.3) is 5.91 Å². The largest absolute Gasteiger partial charge is 0.349 e. The molecule has 0 unspecified atom stereocenters. The molecule has 2 aliphatic rings. The number of amides is 1. The van der Waals surface area contributed by atoms with Gasteiger partial charge in [0.2, 0.25) is 10.0 Å². The zero-order valence-electron chi connectivity index (χ0n) is 16.2. The fourth-order valence-corrected chi connectivity index (χ4v) is 5.33. The first-order valence-electron chi connectivity index (χ1n) is 10.1. The molecular formula is C20H31N3O3S. The van der Waals surface area contributed by atoms with Gasteiger partial charge >= 0.3 is 0 Å². The Morgan fingerprint density at radius 2 is 1.59 bits per heavy atom. The monoisotopic (exact) mass is 393 g/mol. The number of rotatable bonds is 5. The summed E-state index contributed by atoms with van der Waals surface area (Å²) >= 11 is 0. The number of carbonyl (C=O) groups is 1. The zero-order chi connectivity index (χ0) is 19.3. The van der Waals surface area contributed by atoms with E-state index < -0.39 is 10.0 Å². The van der Waals surface area contributed by atoms with Crippen LogP contribution in [0.1, 0.15) is 55.8 Å². The van der Waals surface area contributed by atoms with Crippen LogP contribution >= 0.6 is 0 Å². The number of likely N-dealkylation sites (N-methyl/N-ethyl adjacent to an activating group) is 1. The van der Waals surface area contributed by atoms with Crippen molar-refractivity contribution >= 4 is 15.9 Å². The number of carbonyl (C=O) groups excluding carboxylic acids is 1. The SMILES string of the molecule is CCN1CCN(S(=O)(=O)c2ccc(C(=O)NC3CCCCCC3)cc2)CC1. The van der Waals surface area contributed by atoms with E-state index in [2.05, 4.69) is 17.1 Å². The molecule has 0 bridgehead atoms. The fraction of sp³-hybridized carbons (Fsp3) is 0.650. The minimum Gasteiger partial charge on any atom is -0.349 e. The van der Waals surface area contributed by atoms with E-state index in [9.17, 15) is 13.2 Å². The molecule has 1 aliphatic heterocycles. The van der Waals surface area contributed by atoms with Crippen LogP contribution in [0, 0.1) is 0 Å². The third-order valence-electron chi connectivity index (χ3n) is 5.72. The fourth-order valence-electron chi connectivity index (χ4n) is 3.91. The van der Waals surface area contributed by atoms with Gasteiger partial charge in [0.05, 0.1) is 4.90 Å². The first kappa shape index (κ1) is 20.3. The van der Waals surface area contributed by atoms with Crippen LogP contribution < -0.4 is 5.32 Å². The van der Waals surface area contributed by atoms with Crippen molar-refractivity contribution in [3.05, 3.63) is 29.8 Å². The van der Waals surface area contributed by atoms with Crippen molar-refractivity contribution in [2.24, 2.45) is 0 Å². The lowest BCUT2D eigenvalue weighted by atomic mass is 10.1. The number of benzene rings is 1. The Hall–Kier alpha value is -1.44. The lowest BCUT2D eigenvalue weighted by Gasteiger charge is -2.33. The van der Waals surface area contributed by atoms with Crippen molar-refractivity contribution in [1.82, 2.24) is 14.5 Å². The molecule has 1 heterocycles. The van der Waals surface area contributed by atoms with Gasteiger partial charge in [0.15, 0.2) is 0 Å². The van der Waals surface area contributed by atoms with Crippen LogP contribution in [0.2, 0.25) is 0 Å². The molecule has 1 amide bonds. The second-order valence-electron chi connectivity index (χ2n) is 7.52. The lowest BCUT2D eigenvalue weighted by Crippen LogP contribution is -2.48. The molecule has 27 heavy (non-hydrogen) atoms. The average molecular weight is 394 g/mol. The Bertz CT molecular complexity index is 717. The normalized spacial score (nSPS) is 20.9. The molecule has 0 atom stereocenters. The topological polar surface area (TPSA) is 69.7 Å². The summed E-state index contributed by atoms with van der Waals surface area (Å²) in [5, 5.41) is 3.10. The lowest BCUT2D eigenvalue weighted by molar-refractivity contribution is 0.0933. The second kappa shape index (κ2) is 9.17. The highest BCUT2D eigenvalue weighted by Crippen LogP contribution is 2.20. The van der Waals surface area contributed by atoms with Gasteiger partial charge < -0.3 is 10.2 Å². The van der Waals surface area contributed by atoms with Gasteiger partial charge in [-0.2, -0.15) is 4.31 Å². The van der Waals surface area contributed by atoms with E-state index in [4.69, 9.17) is 0 Å². The van der Waals surface area contributed by atoms with E-state index in [0.717, 1.165) is 45.3 Å². The molecule has 0 spiro atoms. The van der Waals surface area contributed by atoms with Gasteiger partial charge in [-0.15, -0.1) is 0 Å². The first-order chi connectivity index (χ1) is 13.0. The van der Waals surface area contributed by atoms with Crippen LogP contribution in [0.25, 0.3) is 0 Å². The minimum atomic E-state index is -3.49. The van der Waals surface area contributed by atoms with Gasteiger partial charge in [0, 0.05) is 37.8 Å². The van der Waals surface area contributed by atoms with Crippen molar-refractivity contribution in [2.45, 2.75) is 56.4 Å². The maximum atomic E-state index is 12.8. The summed E-state index contributed by atoms with van der Waals surface area (Å²) in [5.74, 6) is -0.109. The first-order valence-corrected chi connectivity index (χ1v) is 11.6. The zero-order valence-corrected chi connectivity index (χ0v) is 17.0. The predicted octanol–water partition coefficient (Wildman–Crippen LogP) is 2.47. The van der Waals surface area contributed by atoms with Crippen molar-refractivity contribution in [3.8, 4) is 0 Å². The predicted molar refractivity (Wildman–Crippen MR) is 106 cm³/mol. The van der Waals surface area contributed by atoms with Gasteiger partial charge in [0.1, 0.15) is 0 Å². The van der Waals surface area contributed by atoms with Crippen molar-refractivity contribution < 1.29 is 13.2 Å².